The van der Waals surface area contributed by atoms with E-state index in [0.29, 0.717) is 0 Å². The molecule has 2 aromatic heterocycles. The molecular weight excluding hydrogens is 673 g/mol. The van der Waals surface area contributed by atoms with Gasteiger partial charge in [0.2, 0.25) is 0 Å². The van der Waals surface area contributed by atoms with Crippen molar-refractivity contribution in [2.45, 2.75) is 19.3 Å². The fourth-order valence-electron chi connectivity index (χ4n) is 9.16. The zero-order valence-electron chi connectivity index (χ0n) is 30.1. The van der Waals surface area contributed by atoms with Crippen molar-refractivity contribution in [3.8, 4) is 27.9 Å². The Labute approximate surface area is 318 Å². The molecule has 10 aromatic rings. The molecule has 0 saturated heterocycles. The molecule has 2 heterocycles. The number of fused-ring (bicyclic) bond motifs is 9. The largest absolute Gasteiger partial charge is 0.309 e. The number of benzene rings is 8. The highest BCUT2D eigenvalue weighted by molar-refractivity contribution is 7.25. The SMILES string of the molecule is CC1(C)c2ccccc2-c2cccc(N(c3ccc(-c4ccc5sc6ccccc6c5c4)cc3)c3cccc4c3c3ccccc3n4-c3ccccc3)c21. The molecule has 256 valence electrons. The minimum absolute atomic E-state index is 0.189. The quantitative estimate of drug-likeness (QED) is 0.173. The normalized spacial score (nSPS) is 13.1. The summed E-state index contributed by atoms with van der Waals surface area (Å²) in [4.78, 5) is 2.52. The average molecular weight is 709 g/mol. The molecule has 0 aliphatic heterocycles. The van der Waals surface area contributed by atoms with Gasteiger partial charge in [0, 0.05) is 47.7 Å². The Kier molecular flexibility index (Phi) is 6.80. The number of thiophene rings is 1. The number of anilines is 3. The smallest absolute Gasteiger partial charge is 0.0562 e. The molecule has 0 fully saturated rings. The fraction of sp³-hybridized carbons (Fsp3) is 0.0588. The van der Waals surface area contributed by atoms with Crippen LogP contribution in [-0.2, 0) is 5.41 Å². The minimum atomic E-state index is -0.189. The van der Waals surface area contributed by atoms with Crippen molar-refractivity contribution in [1.82, 2.24) is 4.57 Å². The van der Waals surface area contributed by atoms with E-state index in [0.717, 1.165) is 17.1 Å². The van der Waals surface area contributed by atoms with E-state index in [2.05, 4.69) is 205 Å². The van der Waals surface area contributed by atoms with Crippen LogP contribution in [0.3, 0.4) is 0 Å². The van der Waals surface area contributed by atoms with Crippen molar-refractivity contribution in [1.29, 1.82) is 0 Å². The Hall–Kier alpha value is -6.42. The first-order chi connectivity index (χ1) is 26.6. The summed E-state index contributed by atoms with van der Waals surface area (Å²) >= 11 is 1.87. The Morgan fingerprint density at radius 3 is 2.00 bits per heavy atom. The van der Waals surface area contributed by atoms with E-state index in [9.17, 15) is 0 Å². The molecule has 0 atom stereocenters. The van der Waals surface area contributed by atoms with Crippen molar-refractivity contribution in [3.63, 3.8) is 0 Å². The van der Waals surface area contributed by atoms with Crippen LogP contribution in [-0.4, -0.2) is 4.57 Å². The van der Waals surface area contributed by atoms with E-state index < -0.39 is 0 Å². The molecule has 8 aromatic carbocycles. The molecule has 54 heavy (non-hydrogen) atoms. The Bertz CT molecular complexity index is 3070. The van der Waals surface area contributed by atoms with Crippen molar-refractivity contribution in [2.75, 3.05) is 4.90 Å². The highest BCUT2D eigenvalue weighted by Gasteiger charge is 2.39. The molecule has 11 rings (SSSR count). The summed E-state index contributed by atoms with van der Waals surface area (Å²) in [7, 11) is 0. The van der Waals surface area contributed by atoms with Crippen LogP contribution in [0.1, 0.15) is 25.0 Å². The zero-order chi connectivity index (χ0) is 36.0. The summed E-state index contributed by atoms with van der Waals surface area (Å²) in [6.07, 6.45) is 0. The molecule has 0 bridgehead atoms. The summed E-state index contributed by atoms with van der Waals surface area (Å²) in [6, 6.07) is 67.1. The molecule has 0 N–H and O–H groups in total. The lowest BCUT2D eigenvalue weighted by Crippen LogP contribution is -2.20. The molecule has 3 heteroatoms. The summed E-state index contributed by atoms with van der Waals surface area (Å²) < 4.78 is 5.07. The van der Waals surface area contributed by atoms with Gasteiger partial charge in [-0.25, -0.2) is 0 Å². The second-order valence-corrected chi connectivity index (χ2v) is 16.0. The van der Waals surface area contributed by atoms with Crippen molar-refractivity contribution >= 4 is 70.4 Å². The third kappa shape index (κ3) is 4.52. The van der Waals surface area contributed by atoms with Gasteiger partial charge in [-0.15, -0.1) is 11.3 Å². The van der Waals surface area contributed by atoms with E-state index in [1.54, 1.807) is 0 Å². The summed E-state index contributed by atoms with van der Waals surface area (Å²) in [5, 5.41) is 5.12. The summed E-state index contributed by atoms with van der Waals surface area (Å²) in [5.74, 6) is 0. The monoisotopic (exact) mass is 708 g/mol. The third-order valence-electron chi connectivity index (χ3n) is 11.6. The maximum Gasteiger partial charge on any atom is 0.0562 e. The van der Waals surface area contributed by atoms with Gasteiger partial charge < -0.3 is 9.47 Å². The predicted octanol–water partition coefficient (Wildman–Crippen LogP) is 14.6. The lowest BCUT2D eigenvalue weighted by atomic mass is 9.81. The number of para-hydroxylation sites is 2. The third-order valence-corrected chi connectivity index (χ3v) is 12.7. The van der Waals surface area contributed by atoms with Crippen molar-refractivity contribution < 1.29 is 0 Å². The van der Waals surface area contributed by atoms with Crippen LogP contribution < -0.4 is 4.90 Å². The second kappa shape index (κ2) is 11.8. The Balaban J connectivity index is 1.15. The predicted molar refractivity (Wildman–Crippen MR) is 231 cm³/mol. The average Bonchev–Trinajstić information content (AvgIpc) is 3.84. The number of nitrogens with zero attached hydrogens (tertiary/aromatic N) is 2. The molecule has 1 aliphatic rings. The second-order valence-electron chi connectivity index (χ2n) is 14.9. The molecule has 0 amide bonds. The van der Waals surface area contributed by atoms with Gasteiger partial charge in [0.15, 0.2) is 0 Å². The van der Waals surface area contributed by atoms with Gasteiger partial charge in [0.25, 0.3) is 0 Å². The van der Waals surface area contributed by atoms with Gasteiger partial charge in [-0.2, -0.15) is 0 Å². The van der Waals surface area contributed by atoms with Gasteiger partial charge in [-0.1, -0.05) is 129 Å². The number of hydrogen-bond acceptors (Lipinski definition) is 2. The van der Waals surface area contributed by atoms with Gasteiger partial charge >= 0.3 is 0 Å². The fourth-order valence-corrected chi connectivity index (χ4v) is 10.3. The summed E-state index contributed by atoms with van der Waals surface area (Å²) in [6.45, 7) is 4.77. The van der Waals surface area contributed by atoms with Crippen LogP contribution in [0.15, 0.2) is 182 Å². The molecule has 2 nitrogen and oxygen atoms in total. The van der Waals surface area contributed by atoms with E-state index >= 15 is 0 Å². The molecule has 0 saturated carbocycles. The van der Waals surface area contributed by atoms with Crippen LogP contribution in [0.25, 0.3) is 69.9 Å². The molecule has 0 radical (unpaired) electrons. The van der Waals surface area contributed by atoms with E-state index in [1.165, 1.54) is 81.0 Å². The number of hydrogen-bond donors (Lipinski definition) is 0. The van der Waals surface area contributed by atoms with Crippen LogP contribution in [0.4, 0.5) is 17.1 Å². The van der Waals surface area contributed by atoms with Crippen LogP contribution in [0.2, 0.25) is 0 Å². The molecular formula is C51H36N2S. The first-order valence-corrected chi connectivity index (χ1v) is 19.5. The molecule has 0 spiro atoms. The van der Waals surface area contributed by atoms with Crippen LogP contribution in [0, 0.1) is 0 Å². The van der Waals surface area contributed by atoms with Crippen LogP contribution in [0.5, 0.6) is 0 Å². The number of aromatic nitrogens is 1. The lowest BCUT2D eigenvalue weighted by molar-refractivity contribution is 0.661. The van der Waals surface area contributed by atoms with E-state index in [4.69, 9.17) is 0 Å². The topological polar surface area (TPSA) is 8.17 Å². The highest BCUT2D eigenvalue weighted by atomic mass is 32.1. The molecule has 0 unspecified atom stereocenters. The van der Waals surface area contributed by atoms with Crippen molar-refractivity contribution in [2.24, 2.45) is 0 Å². The lowest BCUT2D eigenvalue weighted by Gasteiger charge is -2.32. The Morgan fingerprint density at radius 1 is 0.481 bits per heavy atom. The van der Waals surface area contributed by atoms with Gasteiger partial charge in [-0.05, 0) is 100 Å². The van der Waals surface area contributed by atoms with Gasteiger partial charge in [0.05, 0.1) is 22.4 Å². The highest BCUT2D eigenvalue weighted by Crippen LogP contribution is 2.55. The first kappa shape index (κ1) is 31.1. The van der Waals surface area contributed by atoms with Crippen molar-refractivity contribution in [3.05, 3.63) is 193 Å². The Morgan fingerprint density at radius 2 is 1.13 bits per heavy atom. The molecule has 1 aliphatic carbocycles. The van der Waals surface area contributed by atoms with E-state index in [1.807, 2.05) is 11.3 Å². The van der Waals surface area contributed by atoms with Gasteiger partial charge in [0.1, 0.15) is 0 Å². The zero-order valence-corrected chi connectivity index (χ0v) is 30.9. The van der Waals surface area contributed by atoms with Gasteiger partial charge in [-0.3, -0.25) is 0 Å². The standard InChI is InChI=1S/C51H36N2S/c1-51(2)42-20-9-6-16-37(42)39-19-12-24-46(50(39)51)53(36-29-26-33(27-30-36)34-28-31-48-41(32-34)38-17-8-11-25-47(38)54-48)45-23-13-22-44-49(45)40-18-7-10-21-43(40)52(44)35-14-4-3-5-15-35/h3-32H,1-2H3. The number of rotatable bonds is 5. The summed E-state index contributed by atoms with van der Waals surface area (Å²) in [5.41, 5.74) is 14.7. The first-order valence-electron chi connectivity index (χ1n) is 18.7. The maximum atomic E-state index is 2.52. The minimum Gasteiger partial charge on any atom is -0.309 e. The van der Waals surface area contributed by atoms with Crippen LogP contribution >= 0.6 is 11.3 Å². The maximum absolute atomic E-state index is 2.52. The van der Waals surface area contributed by atoms with E-state index in [-0.39, 0.29) is 5.41 Å².